The molecule has 3 atom stereocenters. The van der Waals surface area contributed by atoms with Crippen LogP contribution in [-0.2, 0) is 4.74 Å². The first-order valence-electron chi connectivity index (χ1n) is 7.15. The monoisotopic (exact) mass is 256 g/mol. The third-order valence-electron chi connectivity index (χ3n) is 4.23. The van der Waals surface area contributed by atoms with Crippen molar-refractivity contribution in [2.45, 2.75) is 44.4 Å². The van der Waals surface area contributed by atoms with E-state index in [1.165, 1.54) is 18.4 Å². The fourth-order valence-corrected chi connectivity index (χ4v) is 2.94. The van der Waals surface area contributed by atoms with Gasteiger partial charge < -0.3 is 10.1 Å². The van der Waals surface area contributed by atoms with E-state index in [4.69, 9.17) is 10.00 Å². The number of rotatable bonds is 4. The molecule has 0 radical (unpaired) electrons. The van der Waals surface area contributed by atoms with Gasteiger partial charge in [0.05, 0.1) is 17.7 Å². The molecule has 100 valence electrons. The molecule has 1 aliphatic carbocycles. The molecular formula is C16H20N2O. The van der Waals surface area contributed by atoms with E-state index in [1.54, 1.807) is 0 Å². The standard InChI is InChI=1S/C16H20N2O/c1-11(13-4-2-12(10-17)3-5-13)18-15-8-9-19-16(15)14-6-7-14/h2-5,11,14-16,18H,6-9H2,1H3. The number of hydrogen-bond donors (Lipinski definition) is 1. The van der Waals surface area contributed by atoms with Crippen molar-refractivity contribution in [1.82, 2.24) is 5.32 Å². The van der Waals surface area contributed by atoms with Crippen LogP contribution in [0, 0.1) is 17.2 Å². The number of nitrogens with zero attached hydrogens (tertiary/aromatic N) is 1. The number of hydrogen-bond acceptors (Lipinski definition) is 3. The summed E-state index contributed by atoms with van der Waals surface area (Å²) in [6.07, 6.45) is 4.19. The minimum atomic E-state index is 0.306. The molecule has 1 heterocycles. The van der Waals surface area contributed by atoms with Crippen molar-refractivity contribution < 1.29 is 4.74 Å². The van der Waals surface area contributed by atoms with Crippen molar-refractivity contribution in [3.63, 3.8) is 0 Å². The Labute approximate surface area is 114 Å². The lowest BCUT2D eigenvalue weighted by Gasteiger charge is -2.24. The van der Waals surface area contributed by atoms with Gasteiger partial charge in [0, 0.05) is 18.7 Å². The quantitative estimate of drug-likeness (QED) is 0.901. The molecule has 19 heavy (non-hydrogen) atoms. The summed E-state index contributed by atoms with van der Waals surface area (Å²) >= 11 is 0. The minimum absolute atomic E-state index is 0.306. The van der Waals surface area contributed by atoms with Gasteiger partial charge in [-0.2, -0.15) is 5.26 Å². The molecule has 1 aromatic carbocycles. The van der Waals surface area contributed by atoms with E-state index in [0.29, 0.717) is 18.2 Å². The molecule has 1 aliphatic heterocycles. The van der Waals surface area contributed by atoms with Gasteiger partial charge in [-0.3, -0.25) is 0 Å². The largest absolute Gasteiger partial charge is 0.376 e. The highest BCUT2D eigenvalue weighted by atomic mass is 16.5. The lowest BCUT2D eigenvalue weighted by Crippen LogP contribution is -2.39. The molecular weight excluding hydrogens is 236 g/mol. The third-order valence-corrected chi connectivity index (χ3v) is 4.23. The number of ether oxygens (including phenoxy) is 1. The van der Waals surface area contributed by atoms with E-state index in [0.717, 1.165) is 24.5 Å². The second-order valence-corrected chi connectivity index (χ2v) is 5.69. The molecule has 1 saturated carbocycles. The molecule has 2 aliphatic rings. The lowest BCUT2D eigenvalue weighted by atomic mass is 10.0. The molecule has 1 aromatic rings. The molecule has 0 aromatic heterocycles. The third kappa shape index (κ3) is 2.80. The second-order valence-electron chi connectivity index (χ2n) is 5.69. The summed E-state index contributed by atoms with van der Waals surface area (Å²) in [7, 11) is 0. The van der Waals surface area contributed by atoms with E-state index >= 15 is 0 Å². The van der Waals surface area contributed by atoms with Crippen molar-refractivity contribution in [3.8, 4) is 6.07 Å². The summed E-state index contributed by atoms with van der Waals surface area (Å²) in [4.78, 5) is 0. The normalized spacial score (nSPS) is 28.0. The van der Waals surface area contributed by atoms with E-state index < -0.39 is 0 Å². The molecule has 3 nitrogen and oxygen atoms in total. The van der Waals surface area contributed by atoms with Crippen LogP contribution < -0.4 is 5.32 Å². The number of benzene rings is 1. The summed E-state index contributed by atoms with van der Waals surface area (Å²) < 4.78 is 5.86. The van der Waals surface area contributed by atoms with Crippen molar-refractivity contribution in [1.29, 1.82) is 5.26 Å². The van der Waals surface area contributed by atoms with Crippen LogP contribution >= 0.6 is 0 Å². The highest BCUT2D eigenvalue weighted by Crippen LogP contribution is 2.39. The molecule has 3 rings (SSSR count). The van der Waals surface area contributed by atoms with Crippen molar-refractivity contribution in [2.24, 2.45) is 5.92 Å². The molecule has 0 amide bonds. The zero-order valence-corrected chi connectivity index (χ0v) is 11.3. The van der Waals surface area contributed by atoms with Crippen molar-refractivity contribution in [3.05, 3.63) is 35.4 Å². The Morgan fingerprint density at radius 2 is 2.00 bits per heavy atom. The molecule has 1 saturated heterocycles. The van der Waals surface area contributed by atoms with Crippen molar-refractivity contribution in [2.75, 3.05) is 6.61 Å². The SMILES string of the molecule is CC(NC1CCOC1C1CC1)c1ccc(C#N)cc1. The summed E-state index contributed by atoms with van der Waals surface area (Å²) in [5.41, 5.74) is 1.96. The van der Waals surface area contributed by atoms with Gasteiger partial charge in [-0.15, -0.1) is 0 Å². The van der Waals surface area contributed by atoms with Crippen LogP contribution in [-0.4, -0.2) is 18.8 Å². The maximum absolute atomic E-state index is 8.82. The smallest absolute Gasteiger partial charge is 0.0991 e. The Balaban J connectivity index is 1.63. The van der Waals surface area contributed by atoms with E-state index in [9.17, 15) is 0 Å². The Kier molecular flexibility index (Phi) is 3.54. The minimum Gasteiger partial charge on any atom is -0.376 e. The average molecular weight is 256 g/mol. The van der Waals surface area contributed by atoms with Gasteiger partial charge in [-0.05, 0) is 49.8 Å². The van der Waals surface area contributed by atoms with Gasteiger partial charge in [-0.25, -0.2) is 0 Å². The van der Waals surface area contributed by atoms with Crippen LogP contribution in [0.15, 0.2) is 24.3 Å². The first-order chi connectivity index (χ1) is 9.28. The first kappa shape index (κ1) is 12.7. The maximum Gasteiger partial charge on any atom is 0.0991 e. The Bertz CT molecular complexity index is 473. The van der Waals surface area contributed by atoms with Gasteiger partial charge in [0.1, 0.15) is 0 Å². The van der Waals surface area contributed by atoms with Crippen LogP contribution in [0.3, 0.4) is 0 Å². The number of nitrogens with one attached hydrogen (secondary N) is 1. The van der Waals surface area contributed by atoms with Crippen LogP contribution in [0.1, 0.15) is 43.4 Å². The summed E-state index contributed by atoms with van der Waals surface area (Å²) in [6, 6.07) is 10.8. The van der Waals surface area contributed by atoms with Crippen LogP contribution in [0.4, 0.5) is 0 Å². The highest BCUT2D eigenvalue weighted by Gasteiger charge is 2.40. The molecule has 3 heteroatoms. The van der Waals surface area contributed by atoms with Gasteiger partial charge in [-0.1, -0.05) is 12.1 Å². The number of nitriles is 1. The summed E-state index contributed by atoms with van der Waals surface area (Å²) in [5.74, 6) is 0.785. The van der Waals surface area contributed by atoms with Gasteiger partial charge in [0.25, 0.3) is 0 Å². The Morgan fingerprint density at radius 3 is 2.63 bits per heavy atom. The Hall–Kier alpha value is -1.37. The maximum atomic E-state index is 8.82. The van der Waals surface area contributed by atoms with E-state index in [1.807, 2.05) is 24.3 Å². The molecule has 2 fully saturated rings. The fraction of sp³-hybridized carbons (Fsp3) is 0.562. The molecule has 1 N–H and O–H groups in total. The van der Waals surface area contributed by atoms with Crippen molar-refractivity contribution >= 4 is 0 Å². The van der Waals surface area contributed by atoms with Crippen LogP contribution in [0.2, 0.25) is 0 Å². The zero-order valence-electron chi connectivity index (χ0n) is 11.3. The Morgan fingerprint density at radius 1 is 1.26 bits per heavy atom. The highest BCUT2D eigenvalue weighted by molar-refractivity contribution is 5.32. The van der Waals surface area contributed by atoms with Gasteiger partial charge >= 0.3 is 0 Å². The van der Waals surface area contributed by atoms with E-state index in [2.05, 4.69) is 18.3 Å². The first-order valence-corrected chi connectivity index (χ1v) is 7.15. The predicted molar refractivity (Wildman–Crippen MR) is 73.6 cm³/mol. The second kappa shape index (κ2) is 5.32. The van der Waals surface area contributed by atoms with Gasteiger partial charge in [0.2, 0.25) is 0 Å². The fourth-order valence-electron chi connectivity index (χ4n) is 2.94. The topological polar surface area (TPSA) is 45.0 Å². The summed E-state index contributed by atoms with van der Waals surface area (Å²) in [5, 5.41) is 12.5. The van der Waals surface area contributed by atoms with Crippen LogP contribution in [0.25, 0.3) is 0 Å². The predicted octanol–water partition coefficient (Wildman–Crippen LogP) is 2.78. The summed E-state index contributed by atoms with van der Waals surface area (Å²) in [6.45, 7) is 3.07. The van der Waals surface area contributed by atoms with Crippen LogP contribution in [0.5, 0.6) is 0 Å². The van der Waals surface area contributed by atoms with Gasteiger partial charge in [0.15, 0.2) is 0 Å². The molecule has 3 unspecified atom stereocenters. The lowest BCUT2D eigenvalue weighted by molar-refractivity contribution is 0.0793. The molecule has 0 spiro atoms. The van der Waals surface area contributed by atoms with E-state index in [-0.39, 0.29) is 0 Å². The zero-order chi connectivity index (χ0) is 13.2. The molecule has 0 bridgehead atoms. The average Bonchev–Trinajstić information content (AvgIpc) is 3.19.